The molecule has 2 atom stereocenters. The molecule has 0 N–H and O–H groups in total. The number of hydrogen-bond acceptors (Lipinski definition) is 1. The Labute approximate surface area is 100 Å². The highest BCUT2D eigenvalue weighted by molar-refractivity contribution is 5.76. The third kappa shape index (κ3) is 0.992. The van der Waals surface area contributed by atoms with E-state index in [9.17, 15) is 0 Å². The summed E-state index contributed by atoms with van der Waals surface area (Å²) >= 11 is 0. The van der Waals surface area contributed by atoms with Crippen LogP contribution in [0.2, 0.25) is 0 Å². The summed E-state index contributed by atoms with van der Waals surface area (Å²) in [4.78, 5) is 0. The molecule has 1 aromatic carbocycles. The molecule has 17 heavy (non-hydrogen) atoms. The molecule has 1 spiro atoms. The number of ether oxygens (including phenoxy) is 1. The van der Waals surface area contributed by atoms with E-state index in [-0.39, 0.29) is 11.5 Å². The average Bonchev–Trinajstić information content (AvgIpc) is 2.71. The first kappa shape index (κ1) is 9.06. The fraction of sp³-hybridized carbons (Fsp3) is 0.125. The fourth-order valence-electron chi connectivity index (χ4n) is 3.10. The van der Waals surface area contributed by atoms with Crippen molar-refractivity contribution < 1.29 is 4.74 Å². The van der Waals surface area contributed by atoms with Crippen LogP contribution in [-0.2, 0) is 10.2 Å². The van der Waals surface area contributed by atoms with Crippen molar-refractivity contribution in [1.29, 1.82) is 0 Å². The van der Waals surface area contributed by atoms with Crippen molar-refractivity contribution in [2.45, 2.75) is 11.5 Å². The number of benzene rings is 1. The van der Waals surface area contributed by atoms with Crippen LogP contribution in [0.1, 0.15) is 11.1 Å². The van der Waals surface area contributed by atoms with Gasteiger partial charge in [0.05, 0.1) is 11.7 Å². The highest BCUT2D eigenvalue weighted by atomic mass is 16.5. The van der Waals surface area contributed by atoms with Crippen LogP contribution in [0.15, 0.2) is 66.5 Å². The van der Waals surface area contributed by atoms with Crippen molar-refractivity contribution in [3.63, 3.8) is 0 Å². The minimum atomic E-state index is -0.0971. The predicted molar refractivity (Wildman–Crippen MR) is 68.4 cm³/mol. The highest BCUT2D eigenvalue weighted by Crippen LogP contribution is 2.50. The van der Waals surface area contributed by atoms with Gasteiger partial charge in [0, 0.05) is 0 Å². The second-order valence-corrected chi connectivity index (χ2v) is 4.66. The molecule has 82 valence electrons. The number of fused-ring (bicyclic) bond motifs is 1. The minimum absolute atomic E-state index is 0.0902. The van der Waals surface area contributed by atoms with Crippen molar-refractivity contribution in [2.75, 3.05) is 0 Å². The first-order valence-corrected chi connectivity index (χ1v) is 5.91. The molecular formula is C16H12O. The van der Waals surface area contributed by atoms with Crippen LogP contribution < -0.4 is 0 Å². The average molecular weight is 220 g/mol. The van der Waals surface area contributed by atoms with Crippen molar-refractivity contribution in [1.82, 2.24) is 0 Å². The second-order valence-electron chi connectivity index (χ2n) is 4.66. The zero-order valence-electron chi connectivity index (χ0n) is 9.34. The molecule has 3 aliphatic rings. The topological polar surface area (TPSA) is 9.23 Å². The van der Waals surface area contributed by atoms with Crippen molar-refractivity contribution in [2.24, 2.45) is 0 Å². The molecule has 2 aliphatic carbocycles. The Morgan fingerprint density at radius 3 is 3.06 bits per heavy atom. The SMILES string of the molecule is C1=CC2OC=CC3=Cc4ccccc4C32C=C1. The molecule has 1 aromatic rings. The maximum atomic E-state index is 5.78. The van der Waals surface area contributed by atoms with Gasteiger partial charge in [0.1, 0.15) is 6.10 Å². The van der Waals surface area contributed by atoms with Crippen molar-refractivity contribution in [3.05, 3.63) is 77.6 Å². The predicted octanol–water partition coefficient (Wildman–Crippen LogP) is 3.36. The third-order valence-corrected chi connectivity index (χ3v) is 3.87. The van der Waals surface area contributed by atoms with E-state index < -0.39 is 0 Å². The molecule has 1 aliphatic heterocycles. The van der Waals surface area contributed by atoms with Gasteiger partial charge < -0.3 is 4.74 Å². The van der Waals surface area contributed by atoms with Crippen LogP contribution >= 0.6 is 0 Å². The van der Waals surface area contributed by atoms with Gasteiger partial charge in [-0.3, -0.25) is 0 Å². The Bertz CT molecular complexity index is 604. The largest absolute Gasteiger partial charge is 0.492 e. The summed E-state index contributed by atoms with van der Waals surface area (Å²) in [5, 5.41) is 0. The minimum Gasteiger partial charge on any atom is -0.492 e. The van der Waals surface area contributed by atoms with Crippen LogP contribution in [-0.4, -0.2) is 6.10 Å². The zero-order chi connectivity index (χ0) is 11.3. The Kier molecular flexibility index (Phi) is 1.60. The van der Waals surface area contributed by atoms with Gasteiger partial charge in [-0.2, -0.15) is 0 Å². The van der Waals surface area contributed by atoms with Gasteiger partial charge in [-0.05, 0) is 34.9 Å². The third-order valence-electron chi connectivity index (χ3n) is 3.87. The molecule has 0 radical (unpaired) electrons. The molecule has 0 bridgehead atoms. The molecule has 0 saturated carbocycles. The molecule has 2 unspecified atom stereocenters. The van der Waals surface area contributed by atoms with Crippen molar-refractivity contribution >= 4 is 6.08 Å². The lowest BCUT2D eigenvalue weighted by molar-refractivity contribution is 0.132. The lowest BCUT2D eigenvalue weighted by Crippen LogP contribution is -2.40. The normalized spacial score (nSPS) is 31.3. The van der Waals surface area contributed by atoms with Gasteiger partial charge in [0.2, 0.25) is 0 Å². The Hall–Kier alpha value is -2.02. The molecule has 1 heterocycles. The van der Waals surface area contributed by atoms with Gasteiger partial charge in [-0.15, -0.1) is 0 Å². The fourth-order valence-corrected chi connectivity index (χ4v) is 3.10. The maximum Gasteiger partial charge on any atom is 0.133 e. The van der Waals surface area contributed by atoms with Crippen molar-refractivity contribution in [3.8, 4) is 0 Å². The molecule has 0 saturated heterocycles. The molecule has 1 heteroatoms. The standard InChI is InChI=1S/C16H12O/c1-2-6-14-12(5-1)11-13-8-10-17-15-7-3-4-9-16(13,14)15/h1-11,15H. The van der Waals surface area contributed by atoms with Gasteiger partial charge in [-0.25, -0.2) is 0 Å². The lowest BCUT2D eigenvalue weighted by Gasteiger charge is -2.39. The van der Waals surface area contributed by atoms with Crippen LogP contribution in [0.5, 0.6) is 0 Å². The van der Waals surface area contributed by atoms with Gasteiger partial charge >= 0.3 is 0 Å². The van der Waals surface area contributed by atoms with Crippen LogP contribution in [0, 0.1) is 0 Å². The summed E-state index contributed by atoms with van der Waals surface area (Å²) in [6.45, 7) is 0. The summed E-state index contributed by atoms with van der Waals surface area (Å²) < 4.78 is 5.78. The molecule has 0 amide bonds. The monoisotopic (exact) mass is 220 g/mol. The highest BCUT2D eigenvalue weighted by Gasteiger charge is 2.47. The summed E-state index contributed by atoms with van der Waals surface area (Å²) in [5.41, 5.74) is 3.89. The van der Waals surface area contributed by atoms with E-state index in [0.717, 1.165) is 0 Å². The molecule has 0 fully saturated rings. The molecule has 4 rings (SSSR count). The van der Waals surface area contributed by atoms with E-state index in [1.165, 1.54) is 16.7 Å². The number of hydrogen-bond donors (Lipinski definition) is 0. The smallest absolute Gasteiger partial charge is 0.133 e. The quantitative estimate of drug-likeness (QED) is 0.651. The lowest BCUT2D eigenvalue weighted by atomic mass is 9.70. The molecular weight excluding hydrogens is 208 g/mol. The first-order valence-electron chi connectivity index (χ1n) is 5.91. The molecule has 0 aromatic heterocycles. The van der Waals surface area contributed by atoms with E-state index in [0.29, 0.717) is 0 Å². The van der Waals surface area contributed by atoms with Gasteiger partial charge in [0.25, 0.3) is 0 Å². The summed E-state index contributed by atoms with van der Waals surface area (Å²) in [5.74, 6) is 0. The Morgan fingerprint density at radius 1 is 1.12 bits per heavy atom. The van der Waals surface area contributed by atoms with E-state index in [1.807, 2.05) is 6.26 Å². The molecule has 1 nitrogen and oxygen atoms in total. The summed E-state index contributed by atoms with van der Waals surface area (Å²) in [6, 6.07) is 8.57. The number of allylic oxidation sites excluding steroid dienone is 3. The maximum absolute atomic E-state index is 5.78. The van der Waals surface area contributed by atoms with Gasteiger partial charge in [-0.1, -0.05) is 42.5 Å². The van der Waals surface area contributed by atoms with Gasteiger partial charge in [0.15, 0.2) is 0 Å². The summed E-state index contributed by atoms with van der Waals surface area (Å²) in [6.07, 6.45) is 14.8. The van der Waals surface area contributed by atoms with E-state index in [2.05, 4.69) is 60.7 Å². The van der Waals surface area contributed by atoms with E-state index in [4.69, 9.17) is 4.74 Å². The summed E-state index contributed by atoms with van der Waals surface area (Å²) in [7, 11) is 0. The van der Waals surface area contributed by atoms with E-state index in [1.54, 1.807) is 0 Å². The zero-order valence-corrected chi connectivity index (χ0v) is 9.34. The number of rotatable bonds is 0. The van der Waals surface area contributed by atoms with E-state index >= 15 is 0 Å². The van der Waals surface area contributed by atoms with Crippen LogP contribution in [0.4, 0.5) is 0 Å². The Balaban J connectivity index is 2.05. The Morgan fingerprint density at radius 2 is 2.06 bits per heavy atom. The van der Waals surface area contributed by atoms with Crippen LogP contribution in [0.25, 0.3) is 6.08 Å². The first-order chi connectivity index (χ1) is 8.41. The van der Waals surface area contributed by atoms with Crippen LogP contribution in [0.3, 0.4) is 0 Å². The second kappa shape index (κ2) is 3.01.